The van der Waals surface area contributed by atoms with Gasteiger partial charge in [0.25, 0.3) is 0 Å². The summed E-state index contributed by atoms with van der Waals surface area (Å²) in [6, 6.07) is 11.3. The first-order chi connectivity index (χ1) is 13.8. The summed E-state index contributed by atoms with van der Waals surface area (Å²) in [4.78, 5) is 26.2. The number of amides is 1. The molecule has 7 nitrogen and oxygen atoms in total. The fourth-order valence-electron chi connectivity index (χ4n) is 3.20. The minimum absolute atomic E-state index is 0.0411. The van der Waals surface area contributed by atoms with Crippen LogP contribution in [0.3, 0.4) is 0 Å². The van der Waals surface area contributed by atoms with Crippen molar-refractivity contribution in [2.75, 3.05) is 20.2 Å². The van der Waals surface area contributed by atoms with E-state index >= 15 is 0 Å². The van der Waals surface area contributed by atoms with Crippen LogP contribution in [0.25, 0.3) is 0 Å². The molecule has 29 heavy (non-hydrogen) atoms. The van der Waals surface area contributed by atoms with Crippen LogP contribution in [0.4, 0.5) is 0 Å². The molecule has 0 radical (unpaired) electrons. The molecule has 0 aromatic heterocycles. The number of likely N-dealkylation sites (tertiary alicyclic amines) is 1. The quantitative estimate of drug-likeness (QED) is 0.703. The van der Waals surface area contributed by atoms with Gasteiger partial charge in [-0.1, -0.05) is 41.9 Å². The summed E-state index contributed by atoms with van der Waals surface area (Å²) in [6.45, 7) is 1.17. The molecule has 1 saturated heterocycles. The van der Waals surface area contributed by atoms with E-state index in [1.54, 1.807) is 35.2 Å². The van der Waals surface area contributed by atoms with Crippen molar-refractivity contribution in [2.24, 2.45) is 0 Å². The summed E-state index contributed by atoms with van der Waals surface area (Å²) < 4.78 is 33.3. The van der Waals surface area contributed by atoms with E-state index in [0.717, 1.165) is 18.9 Å². The second kappa shape index (κ2) is 8.94. The van der Waals surface area contributed by atoms with Gasteiger partial charge in [-0.25, -0.2) is 13.2 Å². The van der Waals surface area contributed by atoms with E-state index in [9.17, 15) is 18.0 Å². The Bertz CT molecular complexity index is 1000. The predicted octanol–water partition coefficient (Wildman–Crippen LogP) is 2.77. The first kappa shape index (κ1) is 21.3. The van der Waals surface area contributed by atoms with Gasteiger partial charge >= 0.3 is 5.97 Å². The van der Waals surface area contributed by atoms with Gasteiger partial charge in [0.15, 0.2) is 0 Å². The third-order valence-electron chi connectivity index (χ3n) is 4.71. The Morgan fingerprint density at radius 3 is 2.38 bits per heavy atom. The fourth-order valence-corrected chi connectivity index (χ4v) is 4.90. The number of nitrogens with one attached hydrogen (secondary N) is 1. The molecule has 0 unspecified atom stereocenters. The van der Waals surface area contributed by atoms with Crippen molar-refractivity contribution in [3.05, 3.63) is 64.7 Å². The number of hydrogen-bond donors (Lipinski definition) is 1. The first-order valence-corrected chi connectivity index (χ1v) is 10.9. The van der Waals surface area contributed by atoms with Crippen molar-refractivity contribution in [2.45, 2.75) is 23.8 Å². The standard InChI is InChI=1S/C20H21ClN2O5S/c1-28-20(25)15-9-10-16(21)17(13-15)29(26,27)22-18(14-7-3-2-4-8-14)19(24)23-11-5-6-12-23/h2-4,7-10,13,18,22H,5-6,11-12H2,1H3/t18-/m0/s1. The van der Waals surface area contributed by atoms with Crippen molar-refractivity contribution >= 4 is 33.5 Å². The number of hydrogen-bond acceptors (Lipinski definition) is 5. The van der Waals surface area contributed by atoms with Crippen LogP contribution >= 0.6 is 11.6 Å². The maximum absolute atomic E-state index is 13.1. The monoisotopic (exact) mass is 436 g/mol. The Balaban J connectivity index is 1.98. The number of rotatable bonds is 6. The van der Waals surface area contributed by atoms with Crippen LogP contribution in [0.1, 0.15) is 34.8 Å². The summed E-state index contributed by atoms with van der Waals surface area (Å²) >= 11 is 6.10. The highest BCUT2D eigenvalue weighted by Crippen LogP contribution is 2.27. The number of carbonyl (C=O) groups is 2. The molecule has 3 rings (SSSR count). The fraction of sp³-hybridized carbons (Fsp3) is 0.300. The van der Waals surface area contributed by atoms with Crippen molar-refractivity contribution in [3.63, 3.8) is 0 Å². The van der Waals surface area contributed by atoms with Crippen LogP contribution in [0.5, 0.6) is 0 Å². The average Bonchev–Trinajstić information content (AvgIpc) is 3.27. The molecular weight excluding hydrogens is 416 g/mol. The molecule has 1 atom stereocenters. The van der Waals surface area contributed by atoms with Crippen LogP contribution in [0, 0.1) is 0 Å². The Hall–Kier alpha value is -2.42. The Morgan fingerprint density at radius 1 is 1.10 bits per heavy atom. The molecule has 0 aliphatic carbocycles. The SMILES string of the molecule is COC(=O)c1ccc(Cl)c(S(=O)(=O)N[C@H](C(=O)N2CCCC2)c2ccccc2)c1. The molecule has 1 N–H and O–H groups in total. The molecule has 1 amide bonds. The van der Waals surface area contributed by atoms with E-state index in [4.69, 9.17) is 11.6 Å². The van der Waals surface area contributed by atoms with Crippen LogP contribution in [-0.4, -0.2) is 45.4 Å². The van der Waals surface area contributed by atoms with Crippen LogP contribution < -0.4 is 4.72 Å². The van der Waals surface area contributed by atoms with Gasteiger partial charge in [-0.15, -0.1) is 0 Å². The smallest absolute Gasteiger partial charge is 0.337 e. The average molecular weight is 437 g/mol. The van der Waals surface area contributed by atoms with Gasteiger partial charge in [0.2, 0.25) is 15.9 Å². The molecule has 0 bridgehead atoms. The molecule has 0 saturated carbocycles. The minimum atomic E-state index is -4.21. The third kappa shape index (κ3) is 4.77. The zero-order valence-corrected chi connectivity index (χ0v) is 17.4. The summed E-state index contributed by atoms with van der Waals surface area (Å²) in [5, 5.41) is -0.0643. The molecule has 1 aliphatic heterocycles. The maximum Gasteiger partial charge on any atom is 0.337 e. The first-order valence-electron chi connectivity index (χ1n) is 9.07. The Kier molecular flexibility index (Phi) is 6.56. The molecule has 1 fully saturated rings. The zero-order valence-electron chi connectivity index (χ0n) is 15.8. The molecular formula is C20H21ClN2O5S. The van der Waals surface area contributed by atoms with Crippen LogP contribution in [0.2, 0.25) is 5.02 Å². The minimum Gasteiger partial charge on any atom is -0.465 e. The van der Waals surface area contributed by atoms with Gasteiger partial charge in [-0.3, -0.25) is 4.79 Å². The van der Waals surface area contributed by atoms with Gasteiger partial charge < -0.3 is 9.64 Å². The summed E-state index contributed by atoms with van der Waals surface area (Å²) in [5.41, 5.74) is 0.563. The molecule has 2 aromatic carbocycles. The molecule has 1 heterocycles. The van der Waals surface area contributed by atoms with Crippen molar-refractivity contribution < 1.29 is 22.7 Å². The van der Waals surface area contributed by atoms with E-state index in [-0.39, 0.29) is 21.4 Å². The number of benzene rings is 2. The van der Waals surface area contributed by atoms with Gasteiger partial charge in [0.05, 0.1) is 17.7 Å². The lowest BCUT2D eigenvalue weighted by atomic mass is 10.1. The Morgan fingerprint density at radius 2 is 1.76 bits per heavy atom. The number of sulfonamides is 1. The van der Waals surface area contributed by atoms with Gasteiger partial charge in [0.1, 0.15) is 10.9 Å². The second-order valence-electron chi connectivity index (χ2n) is 6.63. The Labute approximate surface area is 174 Å². The molecule has 9 heteroatoms. The molecule has 0 spiro atoms. The lowest BCUT2D eigenvalue weighted by Gasteiger charge is -2.24. The van der Waals surface area contributed by atoms with Crippen LogP contribution in [-0.2, 0) is 19.6 Å². The van der Waals surface area contributed by atoms with Gasteiger partial charge in [0, 0.05) is 13.1 Å². The normalized spacial score (nSPS) is 15.2. The van der Waals surface area contributed by atoms with E-state index in [1.807, 2.05) is 0 Å². The topological polar surface area (TPSA) is 92.8 Å². The predicted molar refractivity (Wildman–Crippen MR) is 108 cm³/mol. The van der Waals surface area contributed by atoms with Crippen molar-refractivity contribution in [1.82, 2.24) is 9.62 Å². The highest BCUT2D eigenvalue weighted by atomic mass is 35.5. The summed E-state index contributed by atoms with van der Waals surface area (Å²) in [5.74, 6) is -1.01. The third-order valence-corrected chi connectivity index (χ3v) is 6.62. The largest absolute Gasteiger partial charge is 0.465 e. The van der Waals surface area contributed by atoms with Crippen molar-refractivity contribution in [3.8, 4) is 0 Å². The number of halogens is 1. The summed E-state index contributed by atoms with van der Waals surface area (Å²) in [6.07, 6.45) is 1.76. The second-order valence-corrected chi connectivity index (χ2v) is 8.72. The molecule has 2 aromatic rings. The van der Waals surface area contributed by atoms with Gasteiger partial charge in [-0.05, 0) is 36.6 Å². The molecule has 154 valence electrons. The number of esters is 1. The number of nitrogens with zero attached hydrogens (tertiary/aromatic N) is 1. The van der Waals surface area contributed by atoms with Gasteiger partial charge in [-0.2, -0.15) is 4.72 Å². The number of ether oxygens (including phenoxy) is 1. The number of carbonyl (C=O) groups excluding carboxylic acids is 2. The van der Waals surface area contributed by atoms with Crippen molar-refractivity contribution in [1.29, 1.82) is 0 Å². The number of methoxy groups -OCH3 is 1. The lowest BCUT2D eigenvalue weighted by molar-refractivity contribution is -0.132. The zero-order chi connectivity index (χ0) is 21.0. The lowest BCUT2D eigenvalue weighted by Crippen LogP contribution is -2.41. The van der Waals surface area contributed by atoms with E-state index in [2.05, 4.69) is 9.46 Å². The highest BCUT2D eigenvalue weighted by Gasteiger charge is 2.32. The summed E-state index contributed by atoms with van der Waals surface area (Å²) in [7, 11) is -3.02. The maximum atomic E-state index is 13.1. The van der Waals surface area contributed by atoms with Crippen LogP contribution in [0.15, 0.2) is 53.4 Å². The highest BCUT2D eigenvalue weighted by molar-refractivity contribution is 7.89. The van der Waals surface area contributed by atoms with E-state index in [0.29, 0.717) is 18.7 Å². The van der Waals surface area contributed by atoms with E-state index in [1.165, 1.54) is 19.2 Å². The van der Waals surface area contributed by atoms with E-state index < -0.39 is 22.0 Å². The molecule has 1 aliphatic rings.